The van der Waals surface area contributed by atoms with Crippen molar-refractivity contribution in [3.63, 3.8) is 0 Å². The molecule has 4 aromatic rings. The van der Waals surface area contributed by atoms with E-state index >= 15 is 0 Å². The Bertz CT molecular complexity index is 1750. The zero-order valence-corrected chi connectivity index (χ0v) is 28.2. The fraction of sp³-hybridized carbons (Fsp3) is 0.441. The van der Waals surface area contributed by atoms with Crippen LogP contribution in [0.15, 0.2) is 42.6 Å². The predicted molar refractivity (Wildman–Crippen MR) is 174 cm³/mol. The highest BCUT2D eigenvalue weighted by atomic mass is 19.3. The highest BCUT2D eigenvalue weighted by Gasteiger charge is 2.41. The van der Waals surface area contributed by atoms with Crippen molar-refractivity contribution in [2.24, 2.45) is 0 Å². The van der Waals surface area contributed by atoms with E-state index in [9.17, 15) is 18.4 Å². The Morgan fingerprint density at radius 1 is 1.19 bits per heavy atom. The van der Waals surface area contributed by atoms with Crippen LogP contribution in [-0.4, -0.2) is 69.7 Å². The second-order valence-corrected chi connectivity index (χ2v) is 12.2. The van der Waals surface area contributed by atoms with E-state index in [1.165, 1.54) is 18.2 Å². The summed E-state index contributed by atoms with van der Waals surface area (Å²) in [6, 6.07) is 9.48. The number of carbonyl (C=O) groups is 2. The molecule has 0 spiro atoms. The van der Waals surface area contributed by atoms with Gasteiger partial charge in [0.2, 0.25) is 0 Å². The standard InChI is InChI=1S/C32H36F2N6O5.C2H6/c1-8-22(39(6)7)28-37-21-13-12-20(36-27(21)40(28)25-18(16-41)10-9-11-23(25)44-29(33)34)19-14-24-26(35-15-19)32(5,17-43-24)38-30(42)45-31(2,3)4;1-2/h9-16,22,29H,8,17H2,1-7H3,(H,38,42);1-2H3. The second kappa shape index (κ2) is 14.0. The Labute approximate surface area is 273 Å². The molecular formula is C34H42F2N6O5. The summed E-state index contributed by atoms with van der Waals surface area (Å²) in [5.74, 6) is 0.801. The van der Waals surface area contributed by atoms with Gasteiger partial charge in [-0.05, 0) is 78.5 Å². The average Bonchev–Trinajstić information content (AvgIpc) is 3.53. The van der Waals surface area contributed by atoms with Crippen LogP contribution in [-0.2, 0) is 10.3 Å². The summed E-state index contributed by atoms with van der Waals surface area (Å²) in [6.45, 7) is 10.2. The van der Waals surface area contributed by atoms with Crippen LogP contribution < -0.4 is 14.8 Å². The van der Waals surface area contributed by atoms with Gasteiger partial charge < -0.3 is 19.5 Å². The van der Waals surface area contributed by atoms with Gasteiger partial charge in [-0.25, -0.2) is 14.8 Å². The van der Waals surface area contributed by atoms with Crippen LogP contribution in [0, 0.1) is 0 Å². The van der Waals surface area contributed by atoms with Gasteiger partial charge in [0.1, 0.15) is 46.2 Å². The highest BCUT2D eigenvalue weighted by Crippen LogP contribution is 2.39. The minimum atomic E-state index is -3.11. The maximum Gasteiger partial charge on any atom is 0.408 e. The summed E-state index contributed by atoms with van der Waals surface area (Å²) < 4.78 is 44.9. The van der Waals surface area contributed by atoms with Gasteiger partial charge in [-0.15, -0.1) is 0 Å². The summed E-state index contributed by atoms with van der Waals surface area (Å²) >= 11 is 0. The van der Waals surface area contributed by atoms with E-state index in [1.807, 2.05) is 39.8 Å². The van der Waals surface area contributed by atoms with Crippen molar-refractivity contribution >= 4 is 23.5 Å². The third kappa shape index (κ3) is 7.35. The number of hydrogen-bond acceptors (Lipinski definition) is 9. The fourth-order valence-electron chi connectivity index (χ4n) is 5.45. The predicted octanol–water partition coefficient (Wildman–Crippen LogP) is 7.07. The molecule has 1 aliphatic heterocycles. The zero-order valence-electron chi connectivity index (χ0n) is 28.2. The molecule has 2 unspecified atom stereocenters. The van der Waals surface area contributed by atoms with Crippen molar-refractivity contribution < 1.29 is 32.6 Å². The number of fused-ring (bicyclic) bond motifs is 2. The number of para-hydroxylation sites is 1. The van der Waals surface area contributed by atoms with Crippen LogP contribution in [0.1, 0.15) is 82.8 Å². The normalized spacial score (nSPS) is 16.3. The summed E-state index contributed by atoms with van der Waals surface area (Å²) in [7, 11) is 3.78. The lowest BCUT2D eigenvalue weighted by Crippen LogP contribution is -2.47. The first-order valence-corrected chi connectivity index (χ1v) is 15.5. The maximum atomic E-state index is 13.5. The third-order valence-corrected chi connectivity index (χ3v) is 7.40. The number of aldehydes is 1. The number of amides is 1. The first kappa shape index (κ1) is 35.2. The molecule has 2 atom stereocenters. The number of carbonyl (C=O) groups excluding carboxylic acids is 2. The van der Waals surface area contributed by atoms with Gasteiger partial charge in [0.05, 0.1) is 11.7 Å². The molecular weight excluding hydrogens is 610 g/mol. The molecule has 5 rings (SSSR count). The smallest absolute Gasteiger partial charge is 0.408 e. The van der Waals surface area contributed by atoms with E-state index in [4.69, 9.17) is 24.2 Å². The highest BCUT2D eigenvalue weighted by molar-refractivity contribution is 5.87. The van der Waals surface area contributed by atoms with Crippen molar-refractivity contribution in [2.45, 2.75) is 78.7 Å². The van der Waals surface area contributed by atoms with Gasteiger partial charge in [-0.3, -0.25) is 19.2 Å². The minimum Gasteiger partial charge on any atom is -0.489 e. The molecule has 0 radical (unpaired) electrons. The monoisotopic (exact) mass is 652 g/mol. The van der Waals surface area contributed by atoms with E-state index in [2.05, 4.69) is 10.3 Å². The number of benzene rings is 1. The fourth-order valence-corrected chi connectivity index (χ4v) is 5.45. The van der Waals surface area contributed by atoms with Crippen LogP contribution in [0.4, 0.5) is 13.6 Å². The lowest BCUT2D eigenvalue weighted by Gasteiger charge is -2.26. The maximum absolute atomic E-state index is 13.5. The third-order valence-electron chi connectivity index (χ3n) is 7.40. The van der Waals surface area contributed by atoms with Gasteiger partial charge in [-0.2, -0.15) is 8.78 Å². The number of aromatic nitrogens is 4. The molecule has 1 N–H and O–H groups in total. The summed E-state index contributed by atoms with van der Waals surface area (Å²) in [5.41, 5.74) is 1.16. The number of nitrogens with one attached hydrogen (secondary N) is 1. The van der Waals surface area contributed by atoms with E-state index in [0.717, 1.165) is 0 Å². The van der Waals surface area contributed by atoms with Crippen LogP contribution in [0.25, 0.3) is 28.1 Å². The molecule has 1 aromatic carbocycles. The van der Waals surface area contributed by atoms with E-state index in [1.54, 1.807) is 56.7 Å². The van der Waals surface area contributed by atoms with Crippen molar-refractivity contribution in [2.75, 3.05) is 20.7 Å². The van der Waals surface area contributed by atoms with E-state index in [0.29, 0.717) is 52.4 Å². The van der Waals surface area contributed by atoms with Gasteiger partial charge in [-0.1, -0.05) is 26.8 Å². The van der Waals surface area contributed by atoms with Crippen LogP contribution in [0.3, 0.4) is 0 Å². The Morgan fingerprint density at radius 3 is 2.53 bits per heavy atom. The molecule has 0 saturated carbocycles. The molecule has 252 valence electrons. The SMILES string of the molecule is CC.CCC(c1nc2ccc(-c3cnc4c(c3)OCC4(C)NC(=O)OC(C)(C)C)nc2n1-c1c(C=O)cccc1OC(F)F)N(C)C. The van der Waals surface area contributed by atoms with Crippen LogP contribution in [0.2, 0.25) is 0 Å². The molecule has 13 heteroatoms. The Morgan fingerprint density at radius 2 is 1.91 bits per heavy atom. The number of imidazole rings is 1. The van der Waals surface area contributed by atoms with E-state index in [-0.39, 0.29) is 29.6 Å². The number of pyridine rings is 2. The van der Waals surface area contributed by atoms with Crippen molar-refractivity contribution in [3.8, 4) is 28.4 Å². The first-order chi connectivity index (χ1) is 22.2. The second-order valence-electron chi connectivity index (χ2n) is 12.2. The molecule has 11 nitrogen and oxygen atoms in total. The lowest BCUT2D eigenvalue weighted by molar-refractivity contribution is -0.0499. The minimum absolute atomic E-state index is 0.120. The lowest BCUT2D eigenvalue weighted by atomic mass is 9.99. The Balaban J connectivity index is 0.00000245. The number of rotatable bonds is 9. The van der Waals surface area contributed by atoms with Crippen LogP contribution >= 0.6 is 0 Å². The van der Waals surface area contributed by atoms with Gasteiger partial charge in [0, 0.05) is 17.3 Å². The summed E-state index contributed by atoms with van der Waals surface area (Å²) in [6.07, 6.45) is 2.27. The summed E-state index contributed by atoms with van der Waals surface area (Å²) in [4.78, 5) is 41.1. The molecule has 47 heavy (non-hydrogen) atoms. The molecule has 1 aliphatic rings. The van der Waals surface area contributed by atoms with Gasteiger partial charge in [0.25, 0.3) is 0 Å². The van der Waals surface area contributed by atoms with Crippen molar-refractivity contribution in [3.05, 3.63) is 59.7 Å². The number of halogens is 2. The number of hydrogen-bond donors (Lipinski definition) is 1. The molecule has 0 fully saturated rings. The van der Waals surface area contributed by atoms with Crippen LogP contribution in [0.5, 0.6) is 11.5 Å². The average molecular weight is 653 g/mol. The number of ether oxygens (including phenoxy) is 3. The topological polar surface area (TPSA) is 121 Å². The largest absolute Gasteiger partial charge is 0.489 e. The molecule has 0 bridgehead atoms. The van der Waals surface area contributed by atoms with Gasteiger partial charge in [0.15, 0.2) is 17.7 Å². The number of alkyl carbamates (subject to hydrolysis) is 1. The molecule has 3 aromatic heterocycles. The van der Waals surface area contributed by atoms with E-state index < -0.39 is 23.8 Å². The number of alkyl halides is 2. The first-order valence-electron chi connectivity index (χ1n) is 15.5. The molecule has 4 heterocycles. The van der Waals surface area contributed by atoms with Crippen molar-refractivity contribution in [1.82, 2.24) is 29.7 Å². The molecule has 0 saturated heterocycles. The van der Waals surface area contributed by atoms with Crippen molar-refractivity contribution in [1.29, 1.82) is 0 Å². The number of nitrogens with zero attached hydrogens (tertiary/aromatic N) is 5. The quantitative estimate of drug-likeness (QED) is 0.189. The summed E-state index contributed by atoms with van der Waals surface area (Å²) in [5, 5.41) is 2.86. The molecule has 1 amide bonds. The Hall–Kier alpha value is -4.65. The molecule has 0 aliphatic carbocycles. The van der Waals surface area contributed by atoms with Gasteiger partial charge >= 0.3 is 12.7 Å². The zero-order chi connectivity index (χ0) is 34.7. The Kier molecular flexibility index (Phi) is 10.5.